The molecule has 22 heavy (non-hydrogen) atoms. The Morgan fingerprint density at radius 3 is 2.95 bits per heavy atom. The maximum Gasteiger partial charge on any atom is 0.324 e. The van der Waals surface area contributed by atoms with Crippen LogP contribution in [0.1, 0.15) is 25.7 Å². The molecule has 2 N–H and O–H groups in total. The van der Waals surface area contributed by atoms with E-state index in [1.807, 2.05) is 0 Å². The molecule has 2 saturated heterocycles. The van der Waals surface area contributed by atoms with Gasteiger partial charge in [-0.3, -0.25) is 14.5 Å². The number of rotatable bonds is 7. The van der Waals surface area contributed by atoms with Crippen LogP contribution in [-0.2, 0) is 9.59 Å². The Morgan fingerprint density at radius 1 is 1.50 bits per heavy atom. The number of aliphatic carboxylic acids is 1. The van der Waals surface area contributed by atoms with Crippen LogP contribution in [0.4, 0.5) is 4.79 Å². The number of amides is 3. The summed E-state index contributed by atoms with van der Waals surface area (Å²) in [6.45, 7) is -0.360. The average molecular weight is 327 g/mol. The SMILES string of the molecule is [N-]=[N+]=NCC(=O)N1C(=O)NC2C1CS[C@H]2CCCCC(=O)O. The zero-order chi connectivity index (χ0) is 16.1. The molecule has 3 atom stereocenters. The van der Waals surface area contributed by atoms with Gasteiger partial charge in [0.2, 0.25) is 5.91 Å². The lowest BCUT2D eigenvalue weighted by Crippen LogP contribution is -2.42. The van der Waals surface area contributed by atoms with Gasteiger partial charge in [-0.05, 0) is 18.4 Å². The van der Waals surface area contributed by atoms with Gasteiger partial charge in [-0.15, -0.1) is 0 Å². The number of nitrogens with zero attached hydrogens (tertiary/aromatic N) is 4. The van der Waals surface area contributed by atoms with Crippen LogP contribution in [0.3, 0.4) is 0 Å². The zero-order valence-corrected chi connectivity index (χ0v) is 12.7. The van der Waals surface area contributed by atoms with Gasteiger partial charge in [-0.1, -0.05) is 11.5 Å². The Labute approximate surface area is 131 Å². The standard InChI is InChI=1S/C12H17N5O4S/c13-16-14-5-9(18)17-7-6-22-8(11(7)15-12(17)21)3-1-2-4-10(19)20/h7-8,11H,1-6H2,(H,15,21)(H,19,20)/t7?,8-,11?/m0/s1. The van der Waals surface area contributed by atoms with Crippen LogP contribution in [0.2, 0.25) is 0 Å². The number of azide groups is 1. The topological polar surface area (TPSA) is 135 Å². The Bertz CT molecular complexity index is 522. The normalized spacial score (nSPS) is 26.3. The molecule has 0 aliphatic carbocycles. The number of thioether (sulfide) groups is 1. The fourth-order valence-electron chi connectivity index (χ4n) is 2.82. The van der Waals surface area contributed by atoms with Crippen LogP contribution >= 0.6 is 11.8 Å². The van der Waals surface area contributed by atoms with Crippen molar-refractivity contribution in [2.45, 2.75) is 43.0 Å². The molecule has 0 aromatic heterocycles. The van der Waals surface area contributed by atoms with Gasteiger partial charge in [0.15, 0.2) is 0 Å². The van der Waals surface area contributed by atoms with Gasteiger partial charge >= 0.3 is 12.0 Å². The molecule has 10 heteroatoms. The number of nitrogens with one attached hydrogen (secondary N) is 1. The number of imide groups is 1. The highest BCUT2D eigenvalue weighted by atomic mass is 32.2. The molecule has 2 fully saturated rings. The Morgan fingerprint density at radius 2 is 2.27 bits per heavy atom. The summed E-state index contributed by atoms with van der Waals surface area (Å²) in [6.07, 6.45) is 2.33. The van der Waals surface area contributed by atoms with E-state index in [-0.39, 0.29) is 30.3 Å². The molecule has 0 aromatic rings. The van der Waals surface area contributed by atoms with Gasteiger partial charge in [-0.2, -0.15) is 11.8 Å². The van der Waals surface area contributed by atoms with Crippen molar-refractivity contribution in [3.63, 3.8) is 0 Å². The second-order valence-electron chi connectivity index (χ2n) is 5.21. The maximum atomic E-state index is 11.9. The summed E-state index contributed by atoms with van der Waals surface area (Å²) >= 11 is 1.68. The van der Waals surface area contributed by atoms with Crippen molar-refractivity contribution in [2.24, 2.45) is 5.11 Å². The first-order chi connectivity index (χ1) is 10.5. The second kappa shape index (κ2) is 7.37. The van der Waals surface area contributed by atoms with Crippen molar-refractivity contribution in [2.75, 3.05) is 12.3 Å². The third-order valence-corrected chi connectivity index (χ3v) is 5.29. The third-order valence-electron chi connectivity index (χ3n) is 3.80. The summed E-state index contributed by atoms with van der Waals surface area (Å²) < 4.78 is 0. The summed E-state index contributed by atoms with van der Waals surface area (Å²) in [5.74, 6) is -0.648. The van der Waals surface area contributed by atoms with E-state index in [1.165, 1.54) is 0 Å². The molecule has 9 nitrogen and oxygen atoms in total. The lowest BCUT2D eigenvalue weighted by molar-refractivity contribution is -0.137. The summed E-state index contributed by atoms with van der Waals surface area (Å²) in [7, 11) is 0. The van der Waals surface area contributed by atoms with E-state index in [0.29, 0.717) is 12.2 Å². The number of carbonyl (C=O) groups is 3. The number of carboxylic acids is 1. The molecule has 3 amide bonds. The number of urea groups is 1. The molecule has 0 spiro atoms. The first kappa shape index (κ1) is 16.4. The predicted molar refractivity (Wildman–Crippen MR) is 79.3 cm³/mol. The number of carboxylic acid groups (broad SMARTS) is 1. The second-order valence-corrected chi connectivity index (χ2v) is 6.48. The average Bonchev–Trinajstić information content (AvgIpc) is 2.99. The van der Waals surface area contributed by atoms with Gasteiger partial charge in [0.05, 0.1) is 12.1 Å². The van der Waals surface area contributed by atoms with E-state index in [9.17, 15) is 14.4 Å². The van der Waals surface area contributed by atoms with Crippen LogP contribution in [-0.4, -0.2) is 57.5 Å². The first-order valence-corrected chi connectivity index (χ1v) is 8.06. The fraction of sp³-hybridized carbons (Fsp3) is 0.750. The number of carbonyl (C=O) groups excluding carboxylic acids is 2. The van der Waals surface area contributed by atoms with Crippen LogP contribution in [0, 0.1) is 0 Å². The first-order valence-electron chi connectivity index (χ1n) is 7.01. The molecular weight excluding hydrogens is 310 g/mol. The van der Waals surface area contributed by atoms with Crippen molar-refractivity contribution < 1.29 is 19.5 Å². The maximum absolute atomic E-state index is 11.9. The summed E-state index contributed by atoms with van der Waals surface area (Å²) in [5.41, 5.74) is 8.25. The fourth-order valence-corrected chi connectivity index (χ4v) is 4.41. The van der Waals surface area contributed by atoms with E-state index in [1.54, 1.807) is 11.8 Å². The van der Waals surface area contributed by atoms with Gasteiger partial charge in [0, 0.05) is 22.3 Å². The van der Waals surface area contributed by atoms with Crippen molar-refractivity contribution in [1.82, 2.24) is 10.2 Å². The van der Waals surface area contributed by atoms with Gasteiger partial charge in [0.25, 0.3) is 0 Å². The monoisotopic (exact) mass is 327 g/mol. The number of unbranched alkanes of at least 4 members (excludes halogenated alkanes) is 1. The van der Waals surface area contributed by atoms with Crippen LogP contribution in [0.15, 0.2) is 5.11 Å². The summed E-state index contributed by atoms with van der Waals surface area (Å²) in [5, 5.41) is 14.8. The Hall–Kier alpha value is -1.93. The third kappa shape index (κ3) is 3.63. The van der Waals surface area contributed by atoms with E-state index in [2.05, 4.69) is 15.3 Å². The molecule has 0 bridgehead atoms. The van der Waals surface area contributed by atoms with E-state index >= 15 is 0 Å². The van der Waals surface area contributed by atoms with Crippen LogP contribution in [0.25, 0.3) is 10.4 Å². The van der Waals surface area contributed by atoms with Gasteiger partial charge in [0.1, 0.15) is 6.54 Å². The molecule has 0 aromatic carbocycles. The highest BCUT2D eigenvalue weighted by molar-refractivity contribution is 8.00. The Kier molecular flexibility index (Phi) is 5.51. The van der Waals surface area contributed by atoms with Crippen LogP contribution in [0.5, 0.6) is 0 Å². The van der Waals surface area contributed by atoms with Gasteiger partial charge < -0.3 is 10.4 Å². The molecule has 2 aliphatic heterocycles. The lowest BCUT2D eigenvalue weighted by atomic mass is 10.0. The Balaban J connectivity index is 1.89. The predicted octanol–water partition coefficient (Wildman–Crippen LogP) is 1.35. The molecular formula is C12H17N5O4S. The minimum absolute atomic E-state index is 0.114. The smallest absolute Gasteiger partial charge is 0.324 e. The van der Waals surface area contributed by atoms with Crippen molar-refractivity contribution in [1.29, 1.82) is 0 Å². The van der Waals surface area contributed by atoms with Crippen molar-refractivity contribution >= 4 is 29.7 Å². The minimum atomic E-state index is -0.805. The van der Waals surface area contributed by atoms with Gasteiger partial charge in [-0.25, -0.2) is 4.79 Å². The summed E-state index contributed by atoms with van der Waals surface area (Å²) in [4.78, 5) is 38.0. The highest BCUT2D eigenvalue weighted by Gasteiger charge is 2.49. The molecule has 120 valence electrons. The quantitative estimate of drug-likeness (QED) is 0.239. The minimum Gasteiger partial charge on any atom is -0.481 e. The molecule has 0 saturated carbocycles. The van der Waals surface area contributed by atoms with Crippen molar-refractivity contribution in [3.8, 4) is 0 Å². The molecule has 0 radical (unpaired) electrons. The highest BCUT2D eigenvalue weighted by Crippen LogP contribution is 2.37. The molecule has 2 aliphatic rings. The van der Waals surface area contributed by atoms with E-state index in [0.717, 1.165) is 17.7 Å². The molecule has 2 rings (SSSR count). The summed E-state index contributed by atoms with van der Waals surface area (Å²) in [6, 6.07) is -0.773. The van der Waals surface area contributed by atoms with E-state index in [4.69, 9.17) is 10.6 Å². The number of hydrogen-bond acceptors (Lipinski definition) is 5. The van der Waals surface area contributed by atoms with Crippen LogP contribution < -0.4 is 5.32 Å². The molecule has 2 heterocycles. The van der Waals surface area contributed by atoms with Crippen molar-refractivity contribution in [3.05, 3.63) is 10.4 Å². The molecule has 2 unspecified atom stereocenters. The largest absolute Gasteiger partial charge is 0.481 e. The van der Waals surface area contributed by atoms with E-state index < -0.39 is 17.9 Å². The number of hydrogen-bond donors (Lipinski definition) is 2. The zero-order valence-electron chi connectivity index (χ0n) is 11.8. The lowest BCUT2D eigenvalue weighted by Gasteiger charge is -2.19. The number of fused-ring (bicyclic) bond motifs is 1.